The number of ether oxygens (including phenoxy) is 2. The molecule has 0 aliphatic heterocycles. The maximum Gasteiger partial charge on any atom is 0.417 e. The first-order valence-corrected chi connectivity index (χ1v) is 4.96. The van der Waals surface area contributed by atoms with Crippen molar-refractivity contribution in [3.05, 3.63) is 11.6 Å². The molecular formula is C11H17O4. The van der Waals surface area contributed by atoms with E-state index in [1.54, 1.807) is 6.08 Å². The number of esters is 1. The number of hydrogen-bond donors (Lipinski definition) is 0. The molecule has 0 aromatic carbocycles. The van der Waals surface area contributed by atoms with Crippen LogP contribution in [0.25, 0.3) is 0 Å². The van der Waals surface area contributed by atoms with Crippen LogP contribution in [0.1, 0.15) is 27.2 Å². The topological polar surface area (TPSA) is 52.6 Å². The normalized spacial score (nSPS) is 11.3. The summed E-state index contributed by atoms with van der Waals surface area (Å²) in [7, 11) is 0. The van der Waals surface area contributed by atoms with Crippen molar-refractivity contribution in [2.45, 2.75) is 27.2 Å². The van der Waals surface area contributed by atoms with Crippen LogP contribution in [0.15, 0.2) is 11.6 Å². The predicted molar refractivity (Wildman–Crippen MR) is 55.8 cm³/mol. The minimum absolute atomic E-state index is 0.0751. The van der Waals surface area contributed by atoms with Crippen LogP contribution in [0.2, 0.25) is 0 Å². The summed E-state index contributed by atoms with van der Waals surface area (Å²) in [6, 6.07) is 0. The van der Waals surface area contributed by atoms with Crippen molar-refractivity contribution in [3.63, 3.8) is 0 Å². The summed E-state index contributed by atoms with van der Waals surface area (Å²) < 4.78 is 9.40. The monoisotopic (exact) mass is 213 g/mol. The Hall–Kier alpha value is -1.32. The SMILES string of the molecule is CCC=C(CO[C]=O)C(=O)OCC(C)C. The molecule has 0 aromatic rings. The Bertz CT molecular complexity index is 231. The molecule has 0 aliphatic rings. The van der Waals surface area contributed by atoms with Gasteiger partial charge >= 0.3 is 12.4 Å². The second kappa shape index (κ2) is 8.03. The number of allylic oxidation sites excluding steroid dienone is 1. The average Bonchev–Trinajstić information content (AvgIpc) is 2.20. The van der Waals surface area contributed by atoms with Gasteiger partial charge in [0.2, 0.25) is 0 Å². The summed E-state index contributed by atoms with van der Waals surface area (Å²) >= 11 is 0. The Balaban J connectivity index is 4.17. The highest BCUT2D eigenvalue weighted by Crippen LogP contribution is 2.03. The molecule has 0 amide bonds. The molecule has 0 saturated carbocycles. The van der Waals surface area contributed by atoms with Crippen LogP contribution in [0.5, 0.6) is 0 Å². The van der Waals surface area contributed by atoms with Crippen molar-refractivity contribution in [3.8, 4) is 0 Å². The van der Waals surface area contributed by atoms with Crippen molar-refractivity contribution in [2.24, 2.45) is 5.92 Å². The van der Waals surface area contributed by atoms with Crippen LogP contribution < -0.4 is 0 Å². The second-order valence-corrected chi connectivity index (χ2v) is 3.50. The van der Waals surface area contributed by atoms with Gasteiger partial charge in [0.25, 0.3) is 0 Å². The highest BCUT2D eigenvalue weighted by molar-refractivity contribution is 5.88. The first-order chi connectivity index (χ1) is 7.11. The third kappa shape index (κ3) is 6.71. The zero-order valence-electron chi connectivity index (χ0n) is 9.41. The summed E-state index contributed by atoms with van der Waals surface area (Å²) in [5.41, 5.74) is 0.363. The summed E-state index contributed by atoms with van der Waals surface area (Å²) in [5, 5.41) is 0. The quantitative estimate of drug-likeness (QED) is 0.476. The Kier molecular flexibility index (Phi) is 7.32. The third-order valence-electron chi connectivity index (χ3n) is 1.55. The molecule has 4 nitrogen and oxygen atoms in total. The second-order valence-electron chi connectivity index (χ2n) is 3.50. The van der Waals surface area contributed by atoms with Crippen LogP contribution in [0.4, 0.5) is 0 Å². The van der Waals surface area contributed by atoms with Gasteiger partial charge in [-0.2, -0.15) is 0 Å². The van der Waals surface area contributed by atoms with Crippen LogP contribution in [0, 0.1) is 5.92 Å². The van der Waals surface area contributed by atoms with E-state index in [1.807, 2.05) is 20.8 Å². The minimum Gasteiger partial charge on any atom is -0.462 e. The molecule has 0 atom stereocenters. The van der Waals surface area contributed by atoms with Crippen molar-refractivity contribution in [2.75, 3.05) is 13.2 Å². The highest BCUT2D eigenvalue weighted by Gasteiger charge is 2.11. The van der Waals surface area contributed by atoms with Gasteiger partial charge in [0, 0.05) is 0 Å². The smallest absolute Gasteiger partial charge is 0.417 e. The van der Waals surface area contributed by atoms with Gasteiger partial charge in [-0.05, 0) is 12.3 Å². The zero-order chi connectivity index (χ0) is 11.7. The third-order valence-corrected chi connectivity index (χ3v) is 1.55. The number of carbonyl (C=O) groups is 1. The average molecular weight is 213 g/mol. The fraction of sp³-hybridized carbons (Fsp3) is 0.636. The predicted octanol–water partition coefficient (Wildman–Crippen LogP) is 1.61. The fourth-order valence-electron chi connectivity index (χ4n) is 0.890. The number of rotatable bonds is 7. The summed E-state index contributed by atoms with van der Waals surface area (Å²) in [6.07, 6.45) is 2.37. The van der Waals surface area contributed by atoms with E-state index >= 15 is 0 Å². The number of hydrogen-bond acceptors (Lipinski definition) is 4. The van der Waals surface area contributed by atoms with Crippen molar-refractivity contribution in [1.82, 2.24) is 0 Å². The van der Waals surface area contributed by atoms with E-state index in [2.05, 4.69) is 4.74 Å². The lowest BCUT2D eigenvalue weighted by atomic mass is 10.2. The Labute approximate surface area is 90.2 Å². The van der Waals surface area contributed by atoms with Crippen molar-refractivity contribution < 1.29 is 19.1 Å². The first kappa shape index (κ1) is 13.7. The molecule has 0 rings (SSSR count). The summed E-state index contributed by atoms with van der Waals surface area (Å²) in [5.74, 6) is -0.142. The lowest BCUT2D eigenvalue weighted by Gasteiger charge is -2.08. The van der Waals surface area contributed by atoms with Crippen LogP contribution in [0.3, 0.4) is 0 Å². The van der Waals surface area contributed by atoms with Gasteiger partial charge in [0.15, 0.2) is 0 Å². The molecule has 1 radical (unpaired) electrons. The summed E-state index contributed by atoms with van der Waals surface area (Å²) in [4.78, 5) is 21.3. The maximum atomic E-state index is 11.4. The Morgan fingerprint density at radius 1 is 1.47 bits per heavy atom. The molecule has 0 fully saturated rings. The van der Waals surface area contributed by atoms with E-state index < -0.39 is 5.97 Å². The van der Waals surface area contributed by atoms with Crippen LogP contribution >= 0.6 is 0 Å². The maximum absolute atomic E-state index is 11.4. The molecule has 0 spiro atoms. The first-order valence-electron chi connectivity index (χ1n) is 4.96. The molecule has 4 heteroatoms. The van der Waals surface area contributed by atoms with E-state index in [9.17, 15) is 9.59 Å². The minimum atomic E-state index is -0.430. The molecule has 0 bridgehead atoms. The molecule has 0 aromatic heterocycles. The molecule has 0 heterocycles. The summed E-state index contributed by atoms with van der Waals surface area (Å²) in [6.45, 7) is 7.36. The lowest BCUT2D eigenvalue weighted by molar-refractivity contribution is -0.140. The van der Waals surface area contributed by atoms with Crippen LogP contribution in [-0.4, -0.2) is 25.7 Å². The van der Waals surface area contributed by atoms with E-state index in [4.69, 9.17) is 4.74 Å². The van der Waals surface area contributed by atoms with Gasteiger partial charge in [0.1, 0.15) is 6.61 Å². The molecule has 0 N–H and O–H groups in total. The van der Waals surface area contributed by atoms with Crippen molar-refractivity contribution in [1.29, 1.82) is 0 Å². The van der Waals surface area contributed by atoms with Gasteiger partial charge in [-0.25, -0.2) is 9.59 Å². The molecule has 0 unspecified atom stereocenters. The molecule has 85 valence electrons. The van der Waals surface area contributed by atoms with Gasteiger partial charge < -0.3 is 9.47 Å². The molecule has 0 saturated heterocycles. The zero-order valence-corrected chi connectivity index (χ0v) is 9.41. The molecule has 15 heavy (non-hydrogen) atoms. The Morgan fingerprint density at radius 2 is 2.13 bits per heavy atom. The van der Waals surface area contributed by atoms with Gasteiger partial charge in [-0.3, -0.25) is 0 Å². The van der Waals surface area contributed by atoms with E-state index in [0.717, 1.165) is 0 Å². The lowest BCUT2D eigenvalue weighted by Crippen LogP contribution is -2.15. The molecular weight excluding hydrogens is 196 g/mol. The highest BCUT2D eigenvalue weighted by atomic mass is 16.5. The largest absolute Gasteiger partial charge is 0.462 e. The van der Waals surface area contributed by atoms with E-state index in [1.165, 1.54) is 6.47 Å². The Morgan fingerprint density at radius 3 is 2.60 bits per heavy atom. The van der Waals surface area contributed by atoms with Gasteiger partial charge in [-0.1, -0.05) is 26.8 Å². The van der Waals surface area contributed by atoms with E-state index in [0.29, 0.717) is 18.6 Å². The molecule has 0 aliphatic carbocycles. The fourth-order valence-corrected chi connectivity index (χ4v) is 0.890. The van der Waals surface area contributed by atoms with Crippen LogP contribution in [-0.2, 0) is 19.1 Å². The van der Waals surface area contributed by atoms with Gasteiger partial charge in [0.05, 0.1) is 12.2 Å². The standard InChI is InChI=1S/C11H17O4/c1-4-5-10(7-14-8-12)11(13)15-6-9(2)3/h5,9H,4,6-7H2,1-3H3. The van der Waals surface area contributed by atoms with Crippen molar-refractivity contribution >= 4 is 12.4 Å². The number of carbonyl (C=O) groups excluding carboxylic acids is 2. The van der Waals surface area contributed by atoms with Gasteiger partial charge in [-0.15, -0.1) is 0 Å². The van der Waals surface area contributed by atoms with E-state index in [-0.39, 0.29) is 12.5 Å².